The zero-order valence-corrected chi connectivity index (χ0v) is 10.6. The Morgan fingerprint density at radius 3 is 1.71 bits per heavy atom. The second-order valence-corrected chi connectivity index (χ2v) is 2.31. The number of ether oxygens (including phenoxy) is 2. The first-order valence-electron chi connectivity index (χ1n) is 5.68. The number of rotatable bonds is 6. The van der Waals surface area contributed by atoms with Gasteiger partial charge >= 0.3 is 0 Å². The van der Waals surface area contributed by atoms with Gasteiger partial charge in [-0.05, 0) is 6.92 Å². The minimum absolute atomic E-state index is 0. The Labute approximate surface area is 91.5 Å². The van der Waals surface area contributed by atoms with E-state index in [-0.39, 0.29) is 1.43 Å². The molecule has 92 valence electrons. The van der Waals surface area contributed by atoms with Crippen LogP contribution in [0.4, 0.5) is 0 Å². The van der Waals surface area contributed by atoms with Crippen molar-refractivity contribution in [3.05, 3.63) is 0 Å². The summed E-state index contributed by atoms with van der Waals surface area (Å²) in [4.78, 5) is 0. The SMILES string of the molecule is CC.CCC.CCOCCOCCN.[HH]. The lowest BCUT2D eigenvalue weighted by Crippen LogP contribution is -2.11. The number of nitrogens with two attached hydrogens (primary N) is 1. The van der Waals surface area contributed by atoms with Gasteiger partial charge in [0.15, 0.2) is 0 Å². The zero-order chi connectivity index (χ0) is 11.7. The monoisotopic (exact) mass is 209 g/mol. The molecule has 0 radical (unpaired) electrons. The van der Waals surface area contributed by atoms with Crippen molar-refractivity contribution in [2.45, 2.75) is 41.0 Å². The third-order valence-electron chi connectivity index (χ3n) is 0.838. The van der Waals surface area contributed by atoms with E-state index >= 15 is 0 Å². The Balaban J connectivity index is -0.0000000867. The summed E-state index contributed by atoms with van der Waals surface area (Å²) in [5.41, 5.74) is 5.18. The molecule has 0 aromatic rings. The summed E-state index contributed by atoms with van der Waals surface area (Å²) in [5.74, 6) is 0. The van der Waals surface area contributed by atoms with E-state index in [1.807, 2.05) is 20.8 Å². The van der Waals surface area contributed by atoms with E-state index in [0.29, 0.717) is 26.4 Å². The molecule has 0 aliphatic heterocycles. The van der Waals surface area contributed by atoms with Crippen LogP contribution >= 0.6 is 0 Å². The number of hydrogen-bond acceptors (Lipinski definition) is 3. The minimum Gasteiger partial charge on any atom is -0.379 e. The van der Waals surface area contributed by atoms with E-state index < -0.39 is 0 Å². The molecule has 0 heterocycles. The highest BCUT2D eigenvalue weighted by Crippen LogP contribution is 1.75. The molecule has 2 N–H and O–H groups in total. The third kappa shape index (κ3) is 40.7. The van der Waals surface area contributed by atoms with Crippen LogP contribution in [0.5, 0.6) is 0 Å². The predicted octanol–water partition coefficient (Wildman–Crippen LogP) is 2.69. The van der Waals surface area contributed by atoms with E-state index in [4.69, 9.17) is 15.2 Å². The van der Waals surface area contributed by atoms with Crippen LogP contribution in [0.3, 0.4) is 0 Å². The maximum atomic E-state index is 5.18. The number of hydrogen-bond donors (Lipinski definition) is 1. The molecular formula is C11H31NO2. The molecule has 14 heavy (non-hydrogen) atoms. The summed E-state index contributed by atoms with van der Waals surface area (Å²) in [6.45, 7) is 13.5. The lowest BCUT2D eigenvalue weighted by molar-refractivity contribution is 0.0561. The van der Waals surface area contributed by atoms with E-state index in [1.54, 1.807) is 0 Å². The van der Waals surface area contributed by atoms with Crippen molar-refractivity contribution in [1.82, 2.24) is 0 Å². The highest BCUT2D eigenvalue weighted by Gasteiger charge is 1.83. The molecule has 0 saturated carbocycles. The Bertz CT molecular complexity index is 60.5. The van der Waals surface area contributed by atoms with Gasteiger partial charge < -0.3 is 15.2 Å². The first kappa shape index (κ1) is 19.5. The maximum absolute atomic E-state index is 5.18. The van der Waals surface area contributed by atoms with Gasteiger partial charge in [0.1, 0.15) is 0 Å². The summed E-state index contributed by atoms with van der Waals surface area (Å²) in [6, 6.07) is 0. The summed E-state index contributed by atoms with van der Waals surface area (Å²) in [6.07, 6.45) is 1.25. The Morgan fingerprint density at radius 2 is 1.36 bits per heavy atom. The minimum atomic E-state index is 0. The smallest absolute Gasteiger partial charge is 0.0701 e. The molecule has 0 bridgehead atoms. The summed E-state index contributed by atoms with van der Waals surface area (Å²) in [7, 11) is 0. The average molecular weight is 209 g/mol. The molecule has 0 saturated heterocycles. The molecule has 0 fully saturated rings. The summed E-state index contributed by atoms with van der Waals surface area (Å²) in [5, 5.41) is 0. The van der Waals surface area contributed by atoms with Crippen molar-refractivity contribution in [2.24, 2.45) is 5.73 Å². The first-order valence-corrected chi connectivity index (χ1v) is 5.68. The normalized spacial score (nSPS) is 8.14. The molecule has 3 nitrogen and oxygen atoms in total. The molecule has 0 unspecified atom stereocenters. The van der Waals surface area contributed by atoms with Gasteiger partial charge in [0.05, 0.1) is 19.8 Å². The fourth-order valence-corrected chi connectivity index (χ4v) is 0.448. The van der Waals surface area contributed by atoms with Gasteiger partial charge in [0, 0.05) is 14.6 Å². The van der Waals surface area contributed by atoms with E-state index in [9.17, 15) is 0 Å². The largest absolute Gasteiger partial charge is 0.379 e. The molecule has 0 amide bonds. The molecule has 3 heteroatoms. The molecular weight excluding hydrogens is 178 g/mol. The van der Waals surface area contributed by atoms with E-state index in [2.05, 4.69) is 13.8 Å². The van der Waals surface area contributed by atoms with Crippen LogP contribution in [0.1, 0.15) is 42.5 Å². The molecule has 0 aliphatic carbocycles. The highest BCUT2D eigenvalue weighted by molar-refractivity contribution is 4.31. The van der Waals surface area contributed by atoms with Gasteiger partial charge in [-0.2, -0.15) is 0 Å². The van der Waals surface area contributed by atoms with Crippen molar-refractivity contribution in [1.29, 1.82) is 0 Å². The predicted molar refractivity (Wildman–Crippen MR) is 65.8 cm³/mol. The van der Waals surface area contributed by atoms with Crippen LogP contribution in [0.15, 0.2) is 0 Å². The summed E-state index contributed by atoms with van der Waals surface area (Å²) >= 11 is 0. The van der Waals surface area contributed by atoms with Crippen LogP contribution in [0.25, 0.3) is 0 Å². The summed E-state index contributed by atoms with van der Waals surface area (Å²) < 4.78 is 10.0. The standard InChI is InChI=1S/C6H15NO2.C3H8.C2H6.H2/c1-2-8-5-6-9-4-3-7;1-3-2;1-2;/h2-7H2,1H3;3H2,1-2H3;1-2H3;1H. The van der Waals surface area contributed by atoms with Gasteiger partial charge in [-0.1, -0.05) is 34.1 Å². The van der Waals surface area contributed by atoms with Gasteiger partial charge in [-0.25, -0.2) is 0 Å². The second kappa shape index (κ2) is 29.3. The molecule has 0 aliphatic rings. The lowest BCUT2D eigenvalue weighted by Gasteiger charge is -2.00. The fourth-order valence-electron chi connectivity index (χ4n) is 0.448. The molecule has 0 atom stereocenters. The topological polar surface area (TPSA) is 44.5 Å². The van der Waals surface area contributed by atoms with Crippen molar-refractivity contribution < 1.29 is 10.9 Å². The van der Waals surface area contributed by atoms with Crippen LogP contribution in [0.2, 0.25) is 0 Å². The highest BCUT2D eigenvalue weighted by atomic mass is 16.5. The zero-order valence-electron chi connectivity index (χ0n) is 10.6. The van der Waals surface area contributed by atoms with Crippen molar-refractivity contribution in [3.63, 3.8) is 0 Å². The van der Waals surface area contributed by atoms with Gasteiger partial charge in [0.25, 0.3) is 0 Å². The van der Waals surface area contributed by atoms with E-state index in [1.165, 1.54) is 6.42 Å². The van der Waals surface area contributed by atoms with Crippen LogP contribution in [-0.2, 0) is 9.47 Å². The Hall–Kier alpha value is -0.120. The maximum Gasteiger partial charge on any atom is 0.0701 e. The van der Waals surface area contributed by atoms with Crippen LogP contribution in [-0.4, -0.2) is 33.0 Å². The average Bonchev–Trinajstić information content (AvgIpc) is 2.22. The van der Waals surface area contributed by atoms with Crippen molar-refractivity contribution in [3.8, 4) is 0 Å². The molecule has 0 spiro atoms. The first-order chi connectivity index (χ1) is 6.83. The van der Waals surface area contributed by atoms with Crippen LogP contribution < -0.4 is 5.73 Å². The quantitative estimate of drug-likeness (QED) is 0.684. The van der Waals surface area contributed by atoms with Crippen molar-refractivity contribution in [2.75, 3.05) is 33.0 Å². The fraction of sp³-hybridized carbons (Fsp3) is 1.00. The molecule has 0 aromatic carbocycles. The van der Waals surface area contributed by atoms with Gasteiger partial charge in [0.2, 0.25) is 0 Å². The second-order valence-electron chi connectivity index (χ2n) is 2.31. The molecule has 0 aromatic heterocycles. The van der Waals surface area contributed by atoms with E-state index in [0.717, 1.165) is 6.61 Å². The third-order valence-corrected chi connectivity index (χ3v) is 0.838. The molecule has 0 rings (SSSR count). The lowest BCUT2D eigenvalue weighted by atomic mass is 10.6. The van der Waals surface area contributed by atoms with Gasteiger partial charge in [-0.3, -0.25) is 0 Å². The Morgan fingerprint density at radius 1 is 0.929 bits per heavy atom. The van der Waals surface area contributed by atoms with Gasteiger partial charge in [-0.15, -0.1) is 0 Å². The van der Waals surface area contributed by atoms with Crippen LogP contribution in [0, 0.1) is 0 Å². The Kier molecular flexibility index (Phi) is 40.7. The van der Waals surface area contributed by atoms with Crippen molar-refractivity contribution >= 4 is 0 Å².